The number of hydrogen-bond donors (Lipinski definition) is 1. The molecule has 7 heteroatoms. The molecule has 0 radical (unpaired) electrons. The number of ether oxygens (including phenoxy) is 1. The molecule has 6 nitrogen and oxygen atoms in total. The smallest absolute Gasteiger partial charge is 0.235 e. The molecule has 0 bridgehead atoms. The standard InChI is InChI=1S/C15H24N2O4S/c1-13-7-4-5-8-14(13)11-16-15(18)12-17(22(3,19)20)9-6-10-21-2/h4-5,7-8H,6,9-12H2,1-3H3,(H,16,18). The van der Waals surface area contributed by atoms with Gasteiger partial charge in [-0.2, -0.15) is 4.31 Å². The van der Waals surface area contributed by atoms with E-state index < -0.39 is 10.0 Å². The molecule has 1 amide bonds. The van der Waals surface area contributed by atoms with Crippen LogP contribution in [-0.4, -0.2) is 51.7 Å². The Kier molecular flexibility index (Phi) is 7.50. The number of rotatable bonds is 9. The molecule has 1 N–H and O–H groups in total. The number of amides is 1. The molecule has 1 aromatic rings. The minimum Gasteiger partial charge on any atom is -0.385 e. The second-order valence-corrected chi connectivity index (χ2v) is 7.13. The molecule has 0 saturated heterocycles. The van der Waals surface area contributed by atoms with E-state index in [1.807, 2.05) is 31.2 Å². The van der Waals surface area contributed by atoms with Crippen molar-refractivity contribution < 1.29 is 17.9 Å². The van der Waals surface area contributed by atoms with E-state index in [1.54, 1.807) is 7.11 Å². The number of nitrogens with one attached hydrogen (secondary N) is 1. The van der Waals surface area contributed by atoms with E-state index in [1.165, 1.54) is 4.31 Å². The van der Waals surface area contributed by atoms with Gasteiger partial charge in [-0.25, -0.2) is 8.42 Å². The number of carbonyl (C=O) groups excluding carboxylic acids is 1. The monoisotopic (exact) mass is 328 g/mol. The molecule has 0 atom stereocenters. The summed E-state index contributed by atoms with van der Waals surface area (Å²) in [6.07, 6.45) is 1.66. The maximum absolute atomic E-state index is 12.0. The fraction of sp³-hybridized carbons (Fsp3) is 0.533. The summed E-state index contributed by atoms with van der Waals surface area (Å²) >= 11 is 0. The Morgan fingerprint density at radius 1 is 1.32 bits per heavy atom. The predicted molar refractivity (Wildman–Crippen MR) is 85.9 cm³/mol. The highest BCUT2D eigenvalue weighted by Crippen LogP contribution is 2.06. The third-order valence-electron chi connectivity index (χ3n) is 3.28. The minimum absolute atomic E-state index is 0.172. The van der Waals surface area contributed by atoms with Crippen LogP contribution in [0.1, 0.15) is 17.5 Å². The molecule has 1 aromatic carbocycles. The molecule has 124 valence electrons. The number of hydrogen-bond acceptors (Lipinski definition) is 4. The van der Waals surface area contributed by atoms with Gasteiger partial charge in [-0.15, -0.1) is 0 Å². The molecule has 0 fully saturated rings. The van der Waals surface area contributed by atoms with Crippen LogP contribution in [0, 0.1) is 6.92 Å². The lowest BCUT2D eigenvalue weighted by Gasteiger charge is -2.19. The first-order chi connectivity index (χ1) is 10.3. The van der Waals surface area contributed by atoms with Crippen LogP contribution in [-0.2, 0) is 26.1 Å². The van der Waals surface area contributed by atoms with Crippen LogP contribution in [0.25, 0.3) is 0 Å². The summed E-state index contributed by atoms with van der Waals surface area (Å²) in [4.78, 5) is 12.0. The van der Waals surface area contributed by atoms with Crippen molar-refractivity contribution in [3.63, 3.8) is 0 Å². The lowest BCUT2D eigenvalue weighted by molar-refractivity contribution is -0.121. The van der Waals surface area contributed by atoms with E-state index in [9.17, 15) is 13.2 Å². The molecule has 0 heterocycles. The van der Waals surface area contributed by atoms with Crippen molar-refractivity contribution in [1.82, 2.24) is 9.62 Å². The van der Waals surface area contributed by atoms with Gasteiger partial charge < -0.3 is 10.1 Å². The first-order valence-electron chi connectivity index (χ1n) is 7.10. The van der Waals surface area contributed by atoms with Crippen molar-refractivity contribution in [3.8, 4) is 0 Å². The molecule has 0 aliphatic carbocycles. The van der Waals surface area contributed by atoms with E-state index >= 15 is 0 Å². The Morgan fingerprint density at radius 2 is 2.00 bits per heavy atom. The summed E-state index contributed by atoms with van der Waals surface area (Å²) in [7, 11) is -1.86. The fourth-order valence-corrected chi connectivity index (χ4v) is 2.78. The van der Waals surface area contributed by atoms with Crippen LogP contribution >= 0.6 is 0 Å². The van der Waals surface area contributed by atoms with Gasteiger partial charge in [0.1, 0.15) is 0 Å². The fourth-order valence-electron chi connectivity index (χ4n) is 1.97. The maximum Gasteiger partial charge on any atom is 0.235 e. The van der Waals surface area contributed by atoms with Crippen molar-refractivity contribution in [3.05, 3.63) is 35.4 Å². The summed E-state index contributed by atoms with van der Waals surface area (Å²) in [5.41, 5.74) is 2.10. The Balaban J connectivity index is 2.54. The molecule has 0 aliphatic rings. The molecular formula is C15H24N2O4S. The van der Waals surface area contributed by atoms with Gasteiger partial charge in [-0.05, 0) is 24.5 Å². The average Bonchev–Trinajstić information content (AvgIpc) is 2.44. The Bertz CT molecular complexity index is 587. The lowest BCUT2D eigenvalue weighted by atomic mass is 10.1. The zero-order valence-electron chi connectivity index (χ0n) is 13.3. The predicted octanol–water partition coefficient (Wildman–Crippen LogP) is 0.909. The molecular weight excluding hydrogens is 304 g/mol. The largest absolute Gasteiger partial charge is 0.385 e. The van der Waals surface area contributed by atoms with Gasteiger partial charge in [0.15, 0.2) is 0 Å². The molecule has 0 aliphatic heterocycles. The van der Waals surface area contributed by atoms with Gasteiger partial charge in [-0.1, -0.05) is 24.3 Å². The van der Waals surface area contributed by atoms with Gasteiger partial charge in [0.2, 0.25) is 15.9 Å². The second-order valence-electron chi connectivity index (χ2n) is 5.15. The molecule has 1 rings (SSSR count). The number of nitrogens with zero attached hydrogens (tertiary/aromatic N) is 1. The van der Waals surface area contributed by atoms with E-state index in [0.717, 1.165) is 17.4 Å². The summed E-state index contributed by atoms with van der Waals surface area (Å²) in [5, 5.41) is 2.76. The number of sulfonamides is 1. The zero-order valence-corrected chi connectivity index (χ0v) is 14.1. The van der Waals surface area contributed by atoms with Crippen molar-refractivity contribution in [2.24, 2.45) is 0 Å². The summed E-state index contributed by atoms with van der Waals surface area (Å²) in [5.74, 6) is -0.314. The van der Waals surface area contributed by atoms with E-state index in [-0.39, 0.29) is 19.0 Å². The van der Waals surface area contributed by atoms with Crippen LogP contribution in [0.4, 0.5) is 0 Å². The highest BCUT2D eigenvalue weighted by atomic mass is 32.2. The van der Waals surface area contributed by atoms with Gasteiger partial charge >= 0.3 is 0 Å². The van der Waals surface area contributed by atoms with Gasteiger partial charge in [-0.3, -0.25) is 4.79 Å². The Labute approximate surface area is 132 Å². The van der Waals surface area contributed by atoms with Crippen molar-refractivity contribution in [2.45, 2.75) is 19.9 Å². The first-order valence-corrected chi connectivity index (χ1v) is 8.94. The summed E-state index contributed by atoms with van der Waals surface area (Å²) in [6, 6.07) is 7.74. The molecule has 0 saturated carbocycles. The van der Waals surface area contributed by atoms with E-state index in [4.69, 9.17) is 4.74 Å². The van der Waals surface area contributed by atoms with Crippen LogP contribution < -0.4 is 5.32 Å². The number of methoxy groups -OCH3 is 1. The normalized spacial score (nSPS) is 11.6. The third kappa shape index (κ3) is 6.55. The first kappa shape index (κ1) is 18.6. The van der Waals surface area contributed by atoms with Crippen LogP contribution in [0.15, 0.2) is 24.3 Å². The second kappa shape index (κ2) is 8.87. The number of aryl methyl sites for hydroxylation is 1. The summed E-state index contributed by atoms with van der Waals surface area (Å²) in [6.45, 7) is 2.91. The van der Waals surface area contributed by atoms with E-state index in [0.29, 0.717) is 19.6 Å². The SMILES string of the molecule is COCCCN(CC(=O)NCc1ccccc1C)S(C)(=O)=O. The maximum atomic E-state index is 12.0. The lowest BCUT2D eigenvalue weighted by Crippen LogP contribution is -2.40. The molecule has 0 unspecified atom stereocenters. The topological polar surface area (TPSA) is 75.7 Å². The quantitative estimate of drug-likeness (QED) is 0.684. The summed E-state index contributed by atoms with van der Waals surface area (Å²) < 4.78 is 29.5. The van der Waals surface area contributed by atoms with Crippen molar-refractivity contribution in [2.75, 3.05) is 33.1 Å². The van der Waals surface area contributed by atoms with Crippen LogP contribution in [0.3, 0.4) is 0 Å². The van der Waals surface area contributed by atoms with Crippen molar-refractivity contribution >= 4 is 15.9 Å². The van der Waals surface area contributed by atoms with Gasteiger partial charge in [0.25, 0.3) is 0 Å². The number of carbonyl (C=O) groups is 1. The Morgan fingerprint density at radius 3 is 2.59 bits per heavy atom. The minimum atomic E-state index is -3.41. The highest BCUT2D eigenvalue weighted by Gasteiger charge is 2.19. The van der Waals surface area contributed by atoms with Gasteiger partial charge in [0.05, 0.1) is 12.8 Å². The zero-order chi connectivity index (χ0) is 16.6. The van der Waals surface area contributed by atoms with Crippen molar-refractivity contribution in [1.29, 1.82) is 0 Å². The van der Waals surface area contributed by atoms with Gasteiger partial charge in [0, 0.05) is 26.8 Å². The van der Waals surface area contributed by atoms with Crippen LogP contribution in [0.2, 0.25) is 0 Å². The molecule has 0 spiro atoms. The third-order valence-corrected chi connectivity index (χ3v) is 4.53. The molecule has 0 aromatic heterocycles. The number of benzene rings is 1. The van der Waals surface area contributed by atoms with Crippen LogP contribution in [0.5, 0.6) is 0 Å². The Hall–Kier alpha value is -1.44. The van der Waals surface area contributed by atoms with E-state index in [2.05, 4.69) is 5.32 Å². The molecule has 22 heavy (non-hydrogen) atoms. The average molecular weight is 328 g/mol. The highest BCUT2D eigenvalue weighted by molar-refractivity contribution is 7.88.